The second-order valence-corrected chi connectivity index (χ2v) is 4.90. The Morgan fingerprint density at radius 1 is 1.50 bits per heavy atom. The monoisotopic (exact) mass is 270 g/mol. The van der Waals surface area contributed by atoms with Crippen LogP contribution in [-0.2, 0) is 16.0 Å². The van der Waals surface area contributed by atoms with Crippen LogP contribution in [0, 0.1) is 0 Å². The molecule has 1 aromatic rings. The van der Waals surface area contributed by atoms with E-state index in [1.54, 1.807) is 11.3 Å². The van der Waals surface area contributed by atoms with Gasteiger partial charge in [0.05, 0.1) is 6.54 Å². The third-order valence-electron chi connectivity index (χ3n) is 2.51. The lowest BCUT2D eigenvalue weighted by molar-refractivity contribution is -0.138. The maximum Gasteiger partial charge on any atom is 0.322 e. The standard InChI is InChI=1S/C12H18N2O3S/c1-2-14(6-5-10-4-3-7-18-10)9-11(15)13-8-12(16)17/h3-4,7H,2,5-6,8-9H2,1H3,(H,13,15)(H,16,17). The van der Waals surface area contributed by atoms with Crippen LogP contribution in [0.3, 0.4) is 0 Å². The molecule has 0 aliphatic rings. The van der Waals surface area contributed by atoms with Crippen molar-refractivity contribution in [2.45, 2.75) is 13.3 Å². The van der Waals surface area contributed by atoms with Crippen molar-refractivity contribution in [2.75, 3.05) is 26.2 Å². The van der Waals surface area contributed by atoms with E-state index in [1.807, 2.05) is 23.3 Å². The van der Waals surface area contributed by atoms with E-state index in [9.17, 15) is 9.59 Å². The molecule has 0 aliphatic carbocycles. The summed E-state index contributed by atoms with van der Waals surface area (Å²) in [6.07, 6.45) is 0.914. The first-order chi connectivity index (χ1) is 8.61. The van der Waals surface area contributed by atoms with Crippen molar-refractivity contribution in [1.29, 1.82) is 0 Å². The third-order valence-corrected chi connectivity index (χ3v) is 3.44. The largest absolute Gasteiger partial charge is 0.480 e. The summed E-state index contributed by atoms with van der Waals surface area (Å²) in [5.74, 6) is -1.27. The van der Waals surface area contributed by atoms with Gasteiger partial charge in [-0.3, -0.25) is 14.5 Å². The van der Waals surface area contributed by atoms with Gasteiger partial charge in [-0.05, 0) is 24.4 Å². The van der Waals surface area contributed by atoms with Gasteiger partial charge in [0.2, 0.25) is 5.91 Å². The molecule has 100 valence electrons. The Kier molecular flexibility index (Phi) is 6.38. The minimum Gasteiger partial charge on any atom is -0.480 e. The van der Waals surface area contributed by atoms with Gasteiger partial charge in [0.15, 0.2) is 0 Å². The number of likely N-dealkylation sites (N-methyl/N-ethyl adjacent to an activating group) is 1. The molecule has 0 spiro atoms. The first-order valence-corrected chi connectivity index (χ1v) is 6.73. The number of hydrogen-bond donors (Lipinski definition) is 2. The fourth-order valence-electron chi connectivity index (χ4n) is 1.51. The second kappa shape index (κ2) is 7.84. The van der Waals surface area contributed by atoms with Gasteiger partial charge in [-0.25, -0.2) is 0 Å². The van der Waals surface area contributed by atoms with Crippen molar-refractivity contribution in [3.8, 4) is 0 Å². The quantitative estimate of drug-likeness (QED) is 0.733. The molecule has 18 heavy (non-hydrogen) atoms. The molecule has 0 unspecified atom stereocenters. The molecule has 0 saturated carbocycles. The highest BCUT2D eigenvalue weighted by atomic mass is 32.1. The topological polar surface area (TPSA) is 69.6 Å². The molecular formula is C12H18N2O3S. The van der Waals surface area contributed by atoms with Gasteiger partial charge in [0, 0.05) is 11.4 Å². The predicted octanol–water partition coefficient (Wildman–Crippen LogP) is 0.813. The Morgan fingerprint density at radius 2 is 2.28 bits per heavy atom. The normalized spacial score (nSPS) is 10.6. The van der Waals surface area contributed by atoms with E-state index in [0.29, 0.717) is 0 Å². The first kappa shape index (κ1) is 14.7. The lowest BCUT2D eigenvalue weighted by Crippen LogP contribution is -2.39. The average molecular weight is 270 g/mol. The number of rotatable bonds is 8. The summed E-state index contributed by atoms with van der Waals surface area (Å²) in [6.45, 7) is 3.48. The highest BCUT2D eigenvalue weighted by molar-refractivity contribution is 7.09. The molecule has 0 bridgehead atoms. The van der Waals surface area contributed by atoms with E-state index < -0.39 is 5.97 Å². The molecule has 0 aromatic carbocycles. The second-order valence-electron chi connectivity index (χ2n) is 3.87. The molecule has 2 N–H and O–H groups in total. The molecule has 0 radical (unpaired) electrons. The lowest BCUT2D eigenvalue weighted by Gasteiger charge is -2.19. The minimum atomic E-state index is -1.02. The molecular weight excluding hydrogens is 252 g/mol. The molecule has 0 atom stereocenters. The molecule has 0 saturated heterocycles. The Hall–Kier alpha value is -1.40. The van der Waals surface area contributed by atoms with Crippen LogP contribution in [-0.4, -0.2) is 48.1 Å². The van der Waals surface area contributed by atoms with Gasteiger partial charge < -0.3 is 10.4 Å². The number of nitrogens with one attached hydrogen (secondary N) is 1. The Bertz CT molecular complexity index is 379. The van der Waals surface area contributed by atoms with Crippen LogP contribution >= 0.6 is 11.3 Å². The molecule has 6 heteroatoms. The molecule has 0 fully saturated rings. The summed E-state index contributed by atoms with van der Waals surface area (Å²) in [5.41, 5.74) is 0. The zero-order valence-electron chi connectivity index (χ0n) is 10.4. The maximum absolute atomic E-state index is 11.5. The fraction of sp³-hybridized carbons (Fsp3) is 0.500. The van der Waals surface area contributed by atoms with Crippen LogP contribution in [0.2, 0.25) is 0 Å². The maximum atomic E-state index is 11.5. The summed E-state index contributed by atoms with van der Waals surface area (Å²) in [6, 6.07) is 4.08. The zero-order valence-corrected chi connectivity index (χ0v) is 11.2. The van der Waals surface area contributed by atoms with Gasteiger partial charge in [0.25, 0.3) is 0 Å². The number of amides is 1. The highest BCUT2D eigenvalue weighted by Gasteiger charge is 2.10. The van der Waals surface area contributed by atoms with E-state index in [1.165, 1.54) is 4.88 Å². The molecule has 1 aromatic heterocycles. The smallest absolute Gasteiger partial charge is 0.322 e. The van der Waals surface area contributed by atoms with Gasteiger partial charge in [-0.15, -0.1) is 11.3 Å². The number of carbonyl (C=O) groups excluding carboxylic acids is 1. The van der Waals surface area contributed by atoms with Crippen molar-refractivity contribution in [1.82, 2.24) is 10.2 Å². The molecule has 1 rings (SSSR count). The molecule has 0 aliphatic heterocycles. The van der Waals surface area contributed by atoms with Gasteiger partial charge in [0.1, 0.15) is 6.54 Å². The highest BCUT2D eigenvalue weighted by Crippen LogP contribution is 2.09. The fourth-order valence-corrected chi connectivity index (χ4v) is 2.20. The van der Waals surface area contributed by atoms with Crippen molar-refractivity contribution < 1.29 is 14.7 Å². The van der Waals surface area contributed by atoms with Crippen LogP contribution in [0.15, 0.2) is 17.5 Å². The van der Waals surface area contributed by atoms with E-state index in [0.717, 1.165) is 19.5 Å². The number of hydrogen-bond acceptors (Lipinski definition) is 4. The number of carboxylic acid groups (broad SMARTS) is 1. The summed E-state index contributed by atoms with van der Waals surface area (Å²) in [4.78, 5) is 25.1. The van der Waals surface area contributed by atoms with Crippen LogP contribution in [0.5, 0.6) is 0 Å². The van der Waals surface area contributed by atoms with Crippen molar-refractivity contribution >= 4 is 23.2 Å². The summed E-state index contributed by atoms with van der Waals surface area (Å²) < 4.78 is 0. The van der Waals surface area contributed by atoms with E-state index >= 15 is 0 Å². The van der Waals surface area contributed by atoms with Crippen LogP contribution in [0.1, 0.15) is 11.8 Å². The van der Waals surface area contributed by atoms with Crippen LogP contribution < -0.4 is 5.32 Å². The molecule has 1 amide bonds. The predicted molar refractivity (Wildman–Crippen MR) is 70.8 cm³/mol. The van der Waals surface area contributed by atoms with Crippen molar-refractivity contribution in [3.63, 3.8) is 0 Å². The Morgan fingerprint density at radius 3 is 2.83 bits per heavy atom. The first-order valence-electron chi connectivity index (χ1n) is 5.85. The summed E-state index contributed by atoms with van der Waals surface area (Å²) in [5, 5.41) is 12.9. The van der Waals surface area contributed by atoms with Crippen LogP contribution in [0.25, 0.3) is 0 Å². The Balaban J connectivity index is 2.28. The van der Waals surface area contributed by atoms with Crippen molar-refractivity contribution in [2.24, 2.45) is 0 Å². The number of nitrogens with zero attached hydrogens (tertiary/aromatic N) is 1. The minimum absolute atomic E-state index is 0.245. The zero-order chi connectivity index (χ0) is 13.4. The molecule has 5 nitrogen and oxygen atoms in total. The van der Waals surface area contributed by atoms with E-state index in [4.69, 9.17) is 5.11 Å². The SMILES string of the molecule is CCN(CCc1cccs1)CC(=O)NCC(=O)O. The van der Waals surface area contributed by atoms with E-state index in [2.05, 4.69) is 11.4 Å². The van der Waals surface area contributed by atoms with Gasteiger partial charge in [-0.2, -0.15) is 0 Å². The van der Waals surface area contributed by atoms with Crippen LogP contribution in [0.4, 0.5) is 0 Å². The summed E-state index contributed by atoms with van der Waals surface area (Å²) >= 11 is 1.70. The van der Waals surface area contributed by atoms with Gasteiger partial charge >= 0.3 is 5.97 Å². The average Bonchev–Trinajstić information content (AvgIpc) is 2.84. The lowest BCUT2D eigenvalue weighted by atomic mass is 10.3. The summed E-state index contributed by atoms with van der Waals surface area (Å²) in [7, 11) is 0. The third kappa shape index (κ3) is 5.79. The van der Waals surface area contributed by atoms with Gasteiger partial charge in [-0.1, -0.05) is 13.0 Å². The number of carboxylic acids is 1. The van der Waals surface area contributed by atoms with E-state index in [-0.39, 0.29) is 19.0 Å². The number of thiophene rings is 1. The van der Waals surface area contributed by atoms with Crippen molar-refractivity contribution in [3.05, 3.63) is 22.4 Å². The number of carbonyl (C=O) groups is 2. The Labute approximate surface area is 110 Å². The molecule has 1 heterocycles. The number of aliphatic carboxylic acids is 1.